The van der Waals surface area contributed by atoms with Crippen molar-refractivity contribution in [2.24, 2.45) is 0 Å². The van der Waals surface area contributed by atoms with Crippen molar-refractivity contribution >= 4 is 11.8 Å². The molecule has 0 aromatic carbocycles. The Hall–Kier alpha value is -1.86. The fourth-order valence-corrected chi connectivity index (χ4v) is 1.76. The van der Waals surface area contributed by atoms with E-state index in [2.05, 4.69) is 10.2 Å². The van der Waals surface area contributed by atoms with Crippen LogP contribution >= 0.6 is 0 Å². The van der Waals surface area contributed by atoms with Gasteiger partial charge in [0.2, 0.25) is 0 Å². The van der Waals surface area contributed by atoms with Crippen LogP contribution in [0.1, 0.15) is 25.5 Å². The van der Waals surface area contributed by atoms with Crippen LogP contribution in [0, 0.1) is 0 Å². The Labute approximate surface area is 113 Å². The number of alkyl halides is 3. The van der Waals surface area contributed by atoms with Gasteiger partial charge in [-0.25, -0.2) is 0 Å². The summed E-state index contributed by atoms with van der Waals surface area (Å²) in [5.74, 6) is -0.172. The van der Waals surface area contributed by atoms with Crippen molar-refractivity contribution in [2.75, 3.05) is 18.1 Å². The van der Waals surface area contributed by atoms with E-state index in [1.54, 1.807) is 11.8 Å². The molecular weight excluding hydrogens is 275 g/mol. The van der Waals surface area contributed by atoms with E-state index in [0.717, 1.165) is 18.9 Å². The number of ether oxygens (including phenoxy) is 1. The zero-order chi connectivity index (χ0) is 14.8. The second kappa shape index (κ2) is 5.64. The van der Waals surface area contributed by atoms with Crippen molar-refractivity contribution in [1.29, 1.82) is 0 Å². The van der Waals surface area contributed by atoms with Crippen LogP contribution < -0.4 is 4.90 Å². The first kappa shape index (κ1) is 14.5. The molecule has 0 spiro atoms. The molecule has 0 bridgehead atoms. The number of carbonyl (C=O) groups excluding carboxylic acids is 1. The molecule has 1 aliphatic carbocycles. The van der Waals surface area contributed by atoms with Gasteiger partial charge in [-0.15, -0.1) is 10.2 Å². The molecule has 1 aromatic heterocycles. The van der Waals surface area contributed by atoms with Gasteiger partial charge < -0.3 is 9.64 Å². The van der Waals surface area contributed by atoms with Crippen LogP contribution in [-0.2, 0) is 15.7 Å². The molecule has 110 valence electrons. The summed E-state index contributed by atoms with van der Waals surface area (Å²) in [7, 11) is 0. The number of hydrogen-bond donors (Lipinski definition) is 0. The molecule has 5 nitrogen and oxygen atoms in total. The molecule has 0 unspecified atom stereocenters. The van der Waals surface area contributed by atoms with Crippen LogP contribution in [0.4, 0.5) is 19.0 Å². The van der Waals surface area contributed by atoms with Crippen LogP contribution in [0.2, 0.25) is 0 Å². The van der Waals surface area contributed by atoms with Crippen molar-refractivity contribution in [1.82, 2.24) is 10.2 Å². The molecule has 2 rings (SSSR count). The van der Waals surface area contributed by atoms with Gasteiger partial charge in [0.25, 0.3) is 0 Å². The third-order valence-electron chi connectivity index (χ3n) is 2.83. The van der Waals surface area contributed by atoms with Crippen molar-refractivity contribution in [3.8, 4) is 0 Å². The minimum absolute atomic E-state index is 0.0292. The normalized spacial score (nSPS) is 15.0. The van der Waals surface area contributed by atoms with Crippen LogP contribution in [0.25, 0.3) is 0 Å². The first-order chi connectivity index (χ1) is 9.41. The Kier molecular flexibility index (Phi) is 4.10. The number of nitrogens with zero attached hydrogens (tertiary/aromatic N) is 3. The summed E-state index contributed by atoms with van der Waals surface area (Å²) in [6.07, 6.45) is -2.76. The van der Waals surface area contributed by atoms with E-state index in [1.165, 1.54) is 6.07 Å². The Morgan fingerprint density at radius 1 is 1.40 bits per heavy atom. The predicted octanol–water partition coefficient (Wildman–Crippen LogP) is 2.03. The van der Waals surface area contributed by atoms with Crippen molar-refractivity contribution in [2.45, 2.75) is 32.0 Å². The molecule has 1 aromatic rings. The van der Waals surface area contributed by atoms with Gasteiger partial charge in [0, 0.05) is 6.04 Å². The van der Waals surface area contributed by atoms with E-state index in [1.807, 2.05) is 0 Å². The predicted molar refractivity (Wildman–Crippen MR) is 64.0 cm³/mol. The Bertz CT molecular complexity index is 472. The summed E-state index contributed by atoms with van der Waals surface area (Å²) in [5, 5.41) is 6.73. The third-order valence-corrected chi connectivity index (χ3v) is 2.83. The standard InChI is InChI=1S/C12H14F3N3O2/c1-2-20-11(19)7-18(8-3-4-8)10-6-5-9(16-17-10)12(13,14)15/h5-6,8H,2-4,7H2,1H3. The lowest BCUT2D eigenvalue weighted by Crippen LogP contribution is -2.34. The molecule has 1 fully saturated rings. The maximum absolute atomic E-state index is 12.4. The number of rotatable bonds is 5. The molecule has 1 saturated carbocycles. The molecular formula is C12H14F3N3O2. The number of esters is 1. The summed E-state index contributed by atoms with van der Waals surface area (Å²) in [5.41, 5.74) is -1.05. The second-order valence-electron chi connectivity index (χ2n) is 4.44. The molecule has 8 heteroatoms. The summed E-state index contributed by atoms with van der Waals surface area (Å²) in [6.45, 7) is 1.92. The minimum Gasteiger partial charge on any atom is -0.465 e. The number of carbonyl (C=O) groups is 1. The molecule has 1 aliphatic rings. The second-order valence-corrected chi connectivity index (χ2v) is 4.44. The fourth-order valence-electron chi connectivity index (χ4n) is 1.76. The van der Waals surface area contributed by atoms with Gasteiger partial charge in [0.15, 0.2) is 11.5 Å². The first-order valence-corrected chi connectivity index (χ1v) is 6.25. The molecule has 0 saturated heterocycles. The Balaban J connectivity index is 2.11. The van der Waals surface area contributed by atoms with Crippen LogP contribution in [0.15, 0.2) is 12.1 Å². The van der Waals surface area contributed by atoms with Gasteiger partial charge in [0.1, 0.15) is 6.54 Å². The quantitative estimate of drug-likeness (QED) is 0.776. The number of halogens is 3. The van der Waals surface area contributed by atoms with E-state index in [4.69, 9.17) is 4.74 Å². The smallest absolute Gasteiger partial charge is 0.435 e. The summed E-state index contributed by atoms with van der Waals surface area (Å²) >= 11 is 0. The van der Waals surface area contributed by atoms with Crippen LogP contribution in [0.5, 0.6) is 0 Å². The highest BCUT2D eigenvalue weighted by molar-refractivity contribution is 5.75. The monoisotopic (exact) mass is 289 g/mol. The first-order valence-electron chi connectivity index (χ1n) is 6.25. The SMILES string of the molecule is CCOC(=O)CN(c1ccc(C(F)(F)F)nn1)C1CC1. The average Bonchev–Trinajstić information content (AvgIpc) is 3.20. The lowest BCUT2D eigenvalue weighted by molar-refractivity contribution is -0.142. The Morgan fingerprint density at radius 2 is 2.10 bits per heavy atom. The number of anilines is 1. The highest BCUT2D eigenvalue weighted by Gasteiger charge is 2.35. The van der Waals surface area contributed by atoms with Crippen LogP contribution in [0.3, 0.4) is 0 Å². The van der Waals surface area contributed by atoms with Gasteiger partial charge in [0.05, 0.1) is 6.61 Å². The molecule has 0 N–H and O–H groups in total. The molecule has 0 aliphatic heterocycles. The zero-order valence-corrected chi connectivity index (χ0v) is 10.9. The summed E-state index contributed by atoms with van der Waals surface area (Å²) in [4.78, 5) is 13.1. The van der Waals surface area contributed by atoms with Crippen molar-refractivity contribution in [3.63, 3.8) is 0 Å². The van der Waals surface area contributed by atoms with E-state index in [-0.39, 0.29) is 25.0 Å². The van der Waals surface area contributed by atoms with Gasteiger partial charge in [-0.05, 0) is 31.9 Å². The maximum Gasteiger partial charge on any atom is 0.435 e. The Morgan fingerprint density at radius 3 is 2.55 bits per heavy atom. The van der Waals surface area contributed by atoms with Gasteiger partial charge >= 0.3 is 12.1 Å². The van der Waals surface area contributed by atoms with Crippen LogP contribution in [-0.4, -0.2) is 35.4 Å². The van der Waals surface area contributed by atoms with E-state index < -0.39 is 17.8 Å². The van der Waals surface area contributed by atoms with Gasteiger partial charge in [-0.1, -0.05) is 0 Å². The summed E-state index contributed by atoms with van der Waals surface area (Å²) < 4.78 is 42.1. The lowest BCUT2D eigenvalue weighted by Gasteiger charge is -2.21. The highest BCUT2D eigenvalue weighted by Crippen LogP contribution is 2.32. The van der Waals surface area contributed by atoms with Gasteiger partial charge in [-0.3, -0.25) is 4.79 Å². The molecule has 0 radical (unpaired) electrons. The maximum atomic E-state index is 12.4. The topological polar surface area (TPSA) is 55.3 Å². The number of hydrogen-bond acceptors (Lipinski definition) is 5. The van der Waals surface area contributed by atoms with Crippen molar-refractivity contribution in [3.05, 3.63) is 17.8 Å². The molecule has 0 atom stereocenters. The minimum atomic E-state index is -4.52. The van der Waals surface area contributed by atoms with Gasteiger partial charge in [-0.2, -0.15) is 13.2 Å². The molecule has 0 amide bonds. The summed E-state index contributed by atoms with van der Waals surface area (Å²) in [6, 6.07) is 2.21. The highest BCUT2D eigenvalue weighted by atomic mass is 19.4. The molecule has 1 heterocycles. The number of aromatic nitrogens is 2. The van der Waals surface area contributed by atoms with E-state index in [0.29, 0.717) is 0 Å². The van der Waals surface area contributed by atoms with E-state index >= 15 is 0 Å². The lowest BCUT2D eigenvalue weighted by atomic mass is 10.3. The zero-order valence-electron chi connectivity index (χ0n) is 10.9. The average molecular weight is 289 g/mol. The third kappa shape index (κ3) is 3.58. The van der Waals surface area contributed by atoms with E-state index in [9.17, 15) is 18.0 Å². The largest absolute Gasteiger partial charge is 0.465 e. The molecule has 20 heavy (non-hydrogen) atoms. The van der Waals surface area contributed by atoms with Crippen molar-refractivity contribution < 1.29 is 22.7 Å². The fraction of sp³-hybridized carbons (Fsp3) is 0.583.